The van der Waals surface area contributed by atoms with Gasteiger partial charge in [0.1, 0.15) is 0 Å². The summed E-state index contributed by atoms with van der Waals surface area (Å²) in [6.07, 6.45) is 6.11. The molecule has 1 N–H and O–H groups in total. The van der Waals surface area contributed by atoms with Gasteiger partial charge >= 0.3 is 0 Å². The third-order valence-electron chi connectivity index (χ3n) is 3.66. The van der Waals surface area contributed by atoms with Gasteiger partial charge in [-0.05, 0) is 44.0 Å². The number of likely N-dealkylation sites (tertiary alicyclic amines) is 1. The Labute approximate surface area is 116 Å². The zero-order valence-corrected chi connectivity index (χ0v) is 11.8. The van der Waals surface area contributed by atoms with Crippen molar-refractivity contribution in [1.82, 2.24) is 4.90 Å². The summed E-state index contributed by atoms with van der Waals surface area (Å²) in [6.45, 7) is 4.79. The molecule has 0 spiro atoms. The van der Waals surface area contributed by atoms with Crippen LogP contribution >= 0.6 is 0 Å². The zero-order valence-electron chi connectivity index (χ0n) is 11.8. The minimum atomic E-state index is 0.185. The molecule has 1 aliphatic heterocycles. The lowest BCUT2D eigenvalue weighted by Gasteiger charge is -2.25. The number of nitrogens with zero attached hydrogens (tertiary/aromatic N) is 1. The topological polar surface area (TPSA) is 32.3 Å². The van der Waals surface area contributed by atoms with Gasteiger partial charge in [0.05, 0.1) is 0 Å². The lowest BCUT2D eigenvalue weighted by Crippen LogP contribution is -2.33. The summed E-state index contributed by atoms with van der Waals surface area (Å²) in [6, 6.07) is 7.83. The maximum absolute atomic E-state index is 12.4. The van der Waals surface area contributed by atoms with Crippen molar-refractivity contribution in [2.24, 2.45) is 0 Å². The smallest absolute Gasteiger partial charge is 0.253 e. The zero-order chi connectivity index (χ0) is 13.5. The molecule has 1 aromatic rings. The molecule has 0 bridgehead atoms. The number of carbonyl (C=O) groups excluding carboxylic acids is 1. The van der Waals surface area contributed by atoms with Crippen LogP contribution in [0.2, 0.25) is 0 Å². The minimum Gasteiger partial charge on any atom is -0.385 e. The molecule has 1 aliphatic rings. The lowest BCUT2D eigenvalue weighted by atomic mass is 10.1. The van der Waals surface area contributed by atoms with E-state index in [-0.39, 0.29) is 5.91 Å². The van der Waals surface area contributed by atoms with Crippen molar-refractivity contribution in [1.29, 1.82) is 0 Å². The number of anilines is 1. The highest BCUT2D eigenvalue weighted by atomic mass is 16.2. The molecule has 1 fully saturated rings. The van der Waals surface area contributed by atoms with Crippen LogP contribution in [0.25, 0.3) is 0 Å². The highest BCUT2D eigenvalue weighted by molar-refractivity contribution is 5.94. The van der Waals surface area contributed by atoms with E-state index in [1.54, 1.807) is 0 Å². The summed E-state index contributed by atoms with van der Waals surface area (Å²) < 4.78 is 0. The number of carbonyl (C=O) groups is 1. The molecule has 0 aliphatic carbocycles. The SMILES string of the molecule is CCNc1ccc(C(=O)N2CCCCCCC2)cc1. The van der Waals surface area contributed by atoms with Crippen molar-refractivity contribution in [3.05, 3.63) is 29.8 Å². The number of rotatable bonds is 3. The van der Waals surface area contributed by atoms with Crippen LogP contribution in [-0.4, -0.2) is 30.4 Å². The molecule has 3 nitrogen and oxygen atoms in total. The van der Waals surface area contributed by atoms with Crippen molar-refractivity contribution in [3.63, 3.8) is 0 Å². The summed E-state index contributed by atoms with van der Waals surface area (Å²) in [5.41, 5.74) is 1.88. The number of hydrogen-bond acceptors (Lipinski definition) is 2. The molecular weight excluding hydrogens is 236 g/mol. The largest absolute Gasteiger partial charge is 0.385 e. The standard InChI is InChI=1S/C16H24N2O/c1-2-17-15-10-8-14(9-11-15)16(19)18-12-6-4-3-5-7-13-18/h8-11,17H,2-7,12-13H2,1H3. The number of hydrogen-bond donors (Lipinski definition) is 1. The van der Waals surface area contributed by atoms with Gasteiger partial charge in [-0.2, -0.15) is 0 Å². The van der Waals surface area contributed by atoms with Gasteiger partial charge < -0.3 is 10.2 Å². The van der Waals surface area contributed by atoms with E-state index in [9.17, 15) is 4.79 Å². The van der Waals surface area contributed by atoms with Gasteiger partial charge in [0.2, 0.25) is 0 Å². The second-order valence-corrected chi connectivity index (χ2v) is 5.17. The molecule has 0 saturated carbocycles. The van der Waals surface area contributed by atoms with E-state index in [0.29, 0.717) is 0 Å². The Morgan fingerprint density at radius 2 is 1.63 bits per heavy atom. The van der Waals surface area contributed by atoms with E-state index >= 15 is 0 Å². The van der Waals surface area contributed by atoms with Crippen LogP contribution in [0, 0.1) is 0 Å². The van der Waals surface area contributed by atoms with Gasteiger partial charge in [0.25, 0.3) is 5.91 Å². The molecule has 104 valence electrons. The highest BCUT2D eigenvalue weighted by Gasteiger charge is 2.16. The van der Waals surface area contributed by atoms with Gasteiger partial charge in [0.15, 0.2) is 0 Å². The van der Waals surface area contributed by atoms with Gasteiger partial charge in [0, 0.05) is 30.9 Å². The first-order valence-corrected chi connectivity index (χ1v) is 7.44. The molecule has 1 amide bonds. The van der Waals surface area contributed by atoms with Crippen LogP contribution in [0.4, 0.5) is 5.69 Å². The molecule has 19 heavy (non-hydrogen) atoms. The summed E-state index contributed by atoms with van der Waals surface area (Å²) in [5, 5.41) is 3.25. The first-order chi connectivity index (χ1) is 9.31. The van der Waals surface area contributed by atoms with Crippen molar-refractivity contribution in [3.8, 4) is 0 Å². The molecule has 0 radical (unpaired) electrons. The monoisotopic (exact) mass is 260 g/mol. The third-order valence-corrected chi connectivity index (χ3v) is 3.66. The number of nitrogens with one attached hydrogen (secondary N) is 1. The molecule has 0 atom stereocenters. The first-order valence-electron chi connectivity index (χ1n) is 7.44. The predicted octanol–water partition coefficient (Wildman–Crippen LogP) is 3.52. The molecule has 1 heterocycles. The molecule has 1 aromatic carbocycles. The Kier molecular flexibility index (Phi) is 5.25. The molecular formula is C16H24N2O. The average molecular weight is 260 g/mol. The van der Waals surface area contributed by atoms with Gasteiger partial charge in [-0.15, -0.1) is 0 Å². The summed E-state index contributed by atoms with van der Waals surface area (Å²) in [4.78, 5) is 14.5. The third kappa shape index (κ3) is 3.98. The fourth-order valence-corrected chi connectivity index (χ4v) is 2.57. The van der Waals surface area contributed by atoms with Crippen LogP contribution in [-0.2, 0) is 0 Å². The van der Waals surface area contributed by atoms with E-state index in [2.05, 4.69) is 12.2 Å². The van der Waals surface area contributed by atoms with Crippen molar-refractivity contribution in [2.45, 2.75) is 39.0 Å². The fourth-order valence-electron chi connectivity index (χ4n) is 2.57. The van der Waals surface area contributed by atoms with Crippen LogP contribution in [0.5, 0.6) is 0 Å². The van der Waals surface area contributed by atoms with Gasteiger partial charge in [-0.3, -0.25) is 4.79 Å². The molecule has 1 saturated heterocycles. The quantitative estimate of drug-likeness (QED) is 0.901. The van der Waals surface area contributed by atoms with Crippen LogP contribution in [0.1, 0.15) is 49.4 Å². The highest BCUT2D eigenvalue weighted by Crippen LogP contribution is 2.15. The van der Waals surface area contributed by atoms with Gasteiger partial charge in [-0.25, -0.2) is 0 Å². The Bertz CT molecular complexity index is 392. The van der Waals surface area contributed by atoms with E-state index in [1.165, 1.54) is 19.3 Å². The van der Waals surface area contributed by atoms with Crippen LogP contribution in [0.3, 0.4) is 0 Å². The maximum Gasteiger partial charge on any atom is 0.253 e. The van der Waals surface area contributed by atoms with Crippen LogP contribution in [0.15, 0.2) is 24.3 Å². The second-order valence-electron chi connectivity index (χ2n) is 5.17. The first kappa shape index (κ1) is 13.9. The number of amides is 1. The Balaban J connectivity index is 2.00. The predicted molar refractivity (Wildman–Crippen MR) is 79.6 cm³/mol. The van der Waals surface area contributed by atoms with E-state index in [0.717, 1.165) is 43.7 Å². The second kappa shape index (κ2) is 7.17. The van der Waals surface area contributed by atoms with Gasteiger partial charge in [-0.1, -0.05) is 19.3 Å². The van der Waals surface area contributed by atoms with E-state index < -0.39 is 0 Å². The normalized spacial score (nSPS) is 16.6. The van der Waals surface area contributed by atoms with E-state index in [1.807, 2.05) is 29.2 Å². The fraction of sp³-hybridized carbons (Fsp3) is 0.562. The minimum absolute atomic E-state index is 0.185. The van der Waals surface area contributed by atoms with Crippen molar-refractivity contribution >= 4 is 11.6 Å². The Morgan fingerprint density at radius 3 is 2.21 bits per heavy atom. The summed E-state index contributed by atoms with van der Waals surface area (Å²) >= 11 is 0. The summed E-state index contributed by atoms with van der Waals surface area (Å²) in [7, 11) is 0. The Hall–Kier alpha value is -1.51. The summed E-state index contributed by atoms with van der Waals surface area (Å²) in [5.74, 6) is 0.185. The molecule has 0 aromatic heterocycles. The maximum atomic E-state index is 12.4. The molecule has 3 heteroatoms. The van der Waals surface area contributed by atoms with Crippen molar-refractivity contribution in [2.75, 3.05) is 25.0 Å². The molecule has 0 unspecified atom stereocenters. The lowest BCUT2D eigenvalue weighted by molar-refractivity contribution is 0.0742. The average Bonchev–Trinajstić information content (AvgIpc) is 2.39. The molecule has 2 rings (SSSR count). The van der Waals surface area contributed by atoms with Crippen LogP contribution < -0.4 is 5.32 Å². The van der Waals surface area contributed by atoms with Crippen molar-refractivity contribution < 1.29 is 4.79 Å². The van der Waals surface area contributed by atoms with E-state index in [4.69, 9.17) is 0 Å². The Morgan fingerprint density at radius 1 is 1.05 bits per heavy atom. The number of benzene rings is 1.